The number of anilines is 2. The molecule has 7 nitrogen and oxygen atoms in total. The maximum absolute atomic E-state index is 12.5. The summed E-state index contributed by atoms with van der Waals surface area (Å²) in [5.41, 5.74) is 3.47. The number of nitrogens with one attached hydrogen (secondary N) is 2. The van der Waals surface area contributed by atoms with Crippen molar-refractivity contribution in [2.24, 2.45) is 0 Å². The van der Waals surface area contributed by atoms with Gasteiger partial charge in [-0.1, -0.05) is 6.07 Å². The molecule has 0 aliphatic carbocycles. The number of nitrogens with zero attached hydrogens (tertiary/aromatic N) is 2. The molecule has 0 unspecified atom stereocenters. The molecular weight excluding hydrogens is 380 g/mol. The fourth-order valence-electron chi connectivity index (χ4n) is 3.47. The van der Waals surface area contributed by atoms with E-state index < -0.39 is 0 Å². The highest BCUT2D eigenvalue weighted by Crippen LogP contribution is 2.19. The van der Waals surface area contributed by atoms with E-state index in [1.54, 1.807) is 44.4 Å². The van der Waals surface area contributed by atoms with Crippen molar-refractivity contribution in [3.05, 3.63) is 59.2 Å². The van der Waals surface area contributed by atoms with Gasteiger partial charge in [0.15, 0.2) is 0 Å². The third-order valence-corrected chi connectivity index (χ3v) is 5.11. The van der Waals surface area contributed by atoms with E-state index in [9.17, 15) is 14.4 Å². The molecule has 1 aliphatic rings. The van der Waals surface area contributed by atoms with Crippen LogP contribution in [-0.4, -0.2) is 61.3 Å². The molecule has 2 aromatic rings. The normalized spacial score (nSPS) is 13.1. The molecule has 3 amide bonds. The summed E-state index contributed by atoms with van der Waals surface area (Å²) in [5, 5.41) is 5.91. The van der Waals surface area contributed by atoms with Gasteiger partial charge in [-0.05, 0) is 61.7 Å². The molecule has 1 fully saturated rings. The zero-order chi connectivity index (χ0) is 21.7. The lowest BCUT2D eigenvalue weighted by Gasteiger charge is -2.17. The van der Waals surface area contributed by atoms with Crippen molar-refractivity contribution in [1.29, 1.82) is 0 Å². The molecule has 2 N–H and O–H groups in total. The average Bonchev–Trinajstić information content (AvgIpc) is 3.26. The van der Waals surface area contributed by atoms with Crippen molar-refractivity contribution in [1.82, 2.24) is 9.80 Å². The van der Waals surface area contributed by atoms with Gasteiger partial charge in [-0.15, -0.1) is 0 Å². The third kappa shape index (κ3) is 5.17. The van der Waals surface area contributed by atoms with Gasteiger partial charge in [-0.2, -0.15) is 0 Å². The van der Waals surface area contributed by atoms with E-state index in [2.05, 4.69) is 10.6 Å². The van der Waals surface area contributed by atoms with Crippen molar-refractivity contribution in [2.75, 3.05) is 44.4 Å². The number of carbonyl (C=O) groups is 3. The Kier molecular flexibility index (Phi) is 6.72. The van der Waals surface area contributed by atoms with Gasteiger partial charge in [-0.25, -0.2) is 0 Å². The molecule has 0 bridgehead atoms. The summed E-state index contributed by atoms with van der Waals surface area (Å²) < 4.78 is 0. The van der Waals surface area contributed by atoms with Crippen LogP contribution in [0.1, 0.15) is 39.1 Å². The Morgan fingerprint density at radius 1 is 1.00 bits per heavy atom. The summed E-state index contributed by atoms with van der Waals surface area (Å²) in [6, 6.07) is 12.3. The summed E-state index contributed by atoms with van der Waals surface area (Å²) in [4.78, 5) is 40.3. The number of aryl methyl sites for hydroxylation is 1. The molecule has 1 heterocycles. The fraction of sp³-hybridized carbons (Fsp3) is 0.348. The van der Waals surface area contributed by atoms with Crippen LogP contribution in [0.5, 0.6) is 0 Å². The number of hydrogen-bond acceptors (Lipinski definition) is 4. The van der Waals surface area contributed by atoms with Crippen molar-refractivity contribution in [3.8, 4) is 0 Å². The second kappa shape index (κ2) is 9.43. The van der Waals surface area contributed by atoms with Crippen LogP contribution in [0.2, 0.25) is 0 Å². The predicted octanol–water partition coefficient (Wildman–Crippen LogP) is 2.98. The Bertz CT molecular complexity index is 949. The summed E-state index contributed by atoms with van der Waals surface area (Å²) in [6.45, 7) is 3.63. The number of carbonyl (C=O) groups excluding carboxylic acids is 3. The fourth-order valence-corrected chi connectivity index (χ4v) is 3.47. The standard InChI is InChI=1S/C23H28N4O3/c1-16-13-18(23(30)27-11-4-5-12-27)9-10-20(16)24-15-21(28)25-19-8-6-7-17(14-19)22(29)26(2)3/h6-10,13-14,24H,4-5,11-12,15H2,1-3H3,(H,25,28). The minimum absolute atomic E-state index is 0.0621. The second-order valence-corrected chi connectivity index (χ2v) is 7.71. The smallest absolute Gasteiger partial charge is 0.253 e. The molecule has 0 atom stereocenters. The SMILES string of the molecule is Cc1cc(C(=O)N2CCCC2)ccc1NCC(=O)Nc1cccc(C(=O)N(C)C)c1. The number of amides is 3. The van der Waals surface area contributed by atoms with Gasteiger partial charge in [0.1, 0.15) is 0 Å². The molecule has 1 saturated heterocycles. The Hall–Kier alpha value is -3.35. The largest absolute Gasteiger partial charge is 0.376 e. The van der Waals surface area contributed by atoms with Gasteiger partial charge in [0.25, 0.3) is 11.8 Å². The van der Waals surface area contributed by atoms with E-state index in [1.807, 2.05) is 24.0 Å². The molecule has 0 radical (unpaired) electrons. The van der Waals surface area contributed by atoms with Crippen LogP contribution in [0.15, 0.2) is 42.5 Å². The minimum atomic E-state index is -0.221. The van der Waals surface area contributed by atoms with Crippen LogP contribution in [0.4, 0.5) is 11.4 Å². The zero-order valence-corrected chi connectivity index (χ0v) is 17.7. The maximum Gasteiger partial charge on any atom is 0.253 e. The number of rotatable bonds is 6. The van der Waals surface area contributed by atoms with E-state index in [4.69, 9.17) is 0 Å². The molecule has 7 heteroatoms. The number of hydrogen-bond donors (Lipinski definition) is 2. The van der Waals surface area contributed by atoms with Gasteiger partial charge < -0.3 is 20.4 Å². The molecular formula is C23H28N4O3. The lowest BCUT2D eigenvalue weighted by molar-refractivity contribution is -0.114. The number of benzene rings is 2. The van der Waals surface area contributed by atoms with Gasteiger partial charge in [0.05, 0.1) is 6.54 Å². The second-order valence-electron chi connectivity index (χ2n) is 7.71. The first kappa shape index (κ1) is 21.4. The monoisotopic (exact) mass is 408 g/mol. The summed E-state index contributed by atoms with van der Waals surface area (Å²) in [6.07, 6.45) is 2.12. The highest BCUT2D eigenvalue weighted by molar-refractivity contribution is 5.98. The van der Waals surface area contributed by atoms with E-state index in [0.29, 0.717) is 16.8 Å². The zero-order valence-electron chi connectivity index (χ0n) is 17.7. The Labute approximate surface area is 177 Å². The first-order valence-electron chi connectivity index (χ1n) is 10.1. The van der Waals surface area contributed by atoms with Crippen molar-refractivity contribution in [3.63, 3.8) is 0 Å². The molecule has 3 rings (SSSR count). The van der Waals surface area contributed by atoms with Crippen LogP contribution in [-0.2, 0) is 4.79 Å². The Balaban J connectivity index is 1.58. The molecule has 1 aliphatic heterocycles. The van der Waals surface area contributed by atoms with Crippen LogP contribution in [0.25, 0.3) is 0 Å². The summed E-state index contributed by atoms with van der Waals surface area (Å²) in [7, 11) is 3.37. The van der Waals surface area contributed by atoms with E-state index in [0.717, 1.165) is 37.2 Å². The minimum Gasteiger partial charge on any atom is -0.376 e. The first-order valence-corrected chi connectivity index (χ1v) is 10.1. The highest BCUT2D eigenvalue weighted by atomic mass is 16.2. The molecule has 30 heavy (non-hydrogen) atoms. The molecule has 158 valence electrons. The summed E-state index contributed by atoms with van der Waals surface area (Å²) >= 11 is 0. The average molecular weight is 409 g/mol. The molecule has 0 saturated carbocycles. The van der Waals surface area contributed by atoms with Gasteiger partial charge >= 0.3 is 0 Å². The molecule has 0 aromatic heterocycles. The third-order valence-electron chi connectivity index (χ3n) is 5.11. The van der Waals surface area contributed by atoms with E-state index in [1.165, 1.54) is 4.90 Å². The maximum atomic E-state index is 12.5. The molecule has 2 aromatic carbocycles. The van der Waals surface area contributed by atoms with Crippen LogP contribution < -0.4 is 10.6 Å². The van der Waals surface area contributed by atoms with Gasteiger partial charge in [-0.3, -0.25) is 14.4 Å². The quantitative estimate of drug-likeness (QED) is 0.770. The van der Waals surface area contributed by atoms with Crippen molar-refractivity contribution < 1.29 is 14.4 Å². The topological polar surface area (TPSA) is 81.8 Å². The summed E-state index contributed by atoms with van der Waals surface area (Å²) in [5.74, 6) is -0.281. The van der Waals surface area contributed by atoms with Crippen LogP contribution in [0.3, 0.4) is 0 Å². The lowest BCUT2D eigenvalue weighted by Crippen LogP contribution is -2.27. The molecule has 0 spiro atoms. The Morgan fingerprint density at radius 2 is 1.73 bits per heavy atom. The van der Waals surface area contributed by atoms with Crippen LogP contribution >= 0.6 is 0 Å². The van der Waals surface area contributed by atoms with Crippen LogP contribution in [0, 0.1) is 6.92 Å². The van der Waals surface area contributed by atoms with E-state index in [-0.39, 0.29) is 24.3 Å². The van der Waals surface area contributed by atoms with Crippen molar-refractivity contribution >= 4 is 29.1 Å². The van der Waals surface area contributed by atoms with Gasteiger partial charge in [0.2, 0.25) is 5.91 Å². The lowest BCUT2D eigenvalue weighted by atomic mass is 10.1. The van der Waals surface area contributed by atoms with Crippen molar-refractivity contribution in [2.45, 2.75) is 19.8 Å². The van der Waals surface area contributed by atoms with Gasteiger partial charge in [0, 0.05) is 49.7 Å². The number of likely N-dealkylation sites (tertiary alicyclic amines) is 1. The predicted molar refractivity (Wildman–Crippen MR) is 118 cm³/mol. The highest BCUT2D eigenvalue weighted by Gasteiger charge is 2.19. The Morgan fingerprint density at radius 3 is 2.40 bits per heavy atom. The first-order chi connectivity index (χ1) is 14.3. The van der Waals surface area contributed by atoms with E-state index >= 15 is 0 Å².